The maximum atomic E-state index is 13.0. The topological polar surface area (TPSA) is 49.4 Å². The van der Waals surface area contributed by atoms with Gasteiger partial charge < -0.3 is 10.2 Å². The van der Waals surface area contributed by atoms with E-state index < -0.39 is 5.54 Å². The van der Waals surface area contributed by atoms with Crippen molar-refractivity contribution in [3.63, 3.8) is 0 Å². The number of benzene rings is 1. The number of carbonyl (C=O) groups is 2. The summed E-state index contributed by atoms with van der Waals surface area (Å²) < 4.78 is 0. The van der Waals surface area contributed by atoms with Gasteiger partial charge >= 0.3 is 0 Å². The van der Waals surface area contributed by atoms with Crippen molar-refractivity contribution in [1.29, 1.82) is 0 Å². The zero-order valence-electron chi connectivity index (χ0n) is 15.7. The lowest BCUT2D eigenvalue weighted by Crippen LogP contribution is -2.60. The number of hydrogen-bond donors (Lipinski definition) is 1. The van der Waals surface area contributed by atoms with Crippen LogP contribution in [0.25, 0.3) is 6.08 Å². The van der Waals surface area contributed by atoms with E-state index in [0.29, 0.717) is 13.1 Å². The Labute approximate surface area is 151 Å². The van der Waals surface area contributed by atoms with E-state index in [-0.39, 0.29) is 11.8 Å². The number of carbonyl (C=O) groups excluding carboxylic acids is 2. The Balaban J connectivity index is 2.11. The van der Waals surface area contributed by atoms with Gasteiger partial charge in [0.05, 0.1) is 0 Å². The first kappa shape index (κ1) is 19.2. The molecule has 0 saturated heterocycles. The van der Waals surface area contributed by atoms with Crippen LogP contribution in [0.3, 0.4) is 0 Å². The third-order valence-corrected chi connectivity index (χ3v) is 5.03. The second-order valence-corrected chi connectivity index (χ2v) is 6.85. The molecule has 0 atom stereocenters. The van der Waals surface area contributed by atoms with E-state index in [9.17, 15) is 9.59 Å². The molecule has 0 bridgehead atoms. The molecule has 1 N–H and O–H groups in total. The van der Waals surface area contributed by atoms with Crippen molar-refractivity contribution in [3.8, 4) is 0 Å². The molecule has 1 aliphatic carbocycles. The highest BCUT2D eigenvalue weighted by molar-refractivity contribution is 5.97. The van der Waals surface area contributed by atoms with Crippen LogP contribution in [0.15, 0.2) is 30.3 Å². The van der Waals surface area contributed by atoms with Crippen molar-refractivity contribution in [2.24, 2.45) is 0 Å². The molecule has 1 fully saturated rings. The molecule has 0 aromatic heterocycles. The Morgan fingerprint density at radius 1 is 1.08 bits per heavy atom. The number of aryl methyl sites for hydroxylation is 1. The van der Waals surface area contributed by atoms with Crippen molar-refractivity contribution in [1.82, 2.24) is 10.2 Å². The monoisotopic (exact) mass is 342 g/mol. The molecule has 2 rings (SSSR count). The Bertz CT molecular complexity index is 609. The van der Waals surface area contributed by atoms with Gasteiger partial charge in [0.2, 0.25) is 11.8 Å². The zero-order chi connectivity index (χ0) is 18.3. The van der Waals surface area contributed by atoms with Crippen LogP contribution in [0.1, 0.15) is 57.1 Å². The summed E-state index contributed by atoms with van der Waals surface area (Å²) in [4.78, 5) is 27.3. The molecule has 1 aliphatic rings. The standard InChI is InChI=1S/C21H30N2O2/c1-4-23(5-2)20(25)21(15-7-6-8-16-21)22-19(24)14-13-18-11-9-17(3)10-12-18/h9-14H,4-8,15-16H2,1-3H3,(H,22,24)/b14-13+. The van der Waals surface area contributed by atoms with Crippen LogP contribution in [0.2, 0.25) is 0 Å². The summed E-state index contributed by atoms with van der Waals surface area (Å²) in [5.74, 6) is -0.128. The van der Waals surface area contributed by atoms with Crippen LogP contribution < -0.4 is 5.32 Å². The van der Waals surface area contributed by atoms with Gasteiger partial charge in [0, 0.05) is 19.2 Å². The second-order valence-electron chi connectivity index (χ2n) is 6.85. The van der Waals surface area contributed by atoms with Gasteiger partial charge in [-0.05, 0) is 45.3 Å². The Hall–Kier alpha value is -2.10. The van der Waals surface area contributed by atoms with E-state index in [1.54, 1.807) is 6.08 Å². The fraction of sp³-hybridized carbons (Fsp3) is 0.524. The predicted molar refractivity (Wildman–Crippen MR) is 102 cm³/mol. The molecule has 4 nitrogen and oxygen atoms in total. The average molecular weight is 342 g/mol. The Kier molecular flexibility index (Phi) is 6.80. The Morgan fingerprint density at radius 2 is 1.68 bits per heavy atom. The molecule has 4 heteroatoms. The number of rotatable bonds is 6. The van der Waals surface area contributed by atoms with Crippen LogP contribution in [0.5, 0.6) is 0 Å². The SMILES string of the molecule is CCN(CC)C(=O)C1(NC(=O)/C=C/c2ccc(C)cc2)CCCCC1. The van der Waals surface area contributed by atoms with E-state index in [4.69, 9.17) is 0 Å². The average Bonchev–Trinajstić information content (AvgIpc) is 2.63. The number of likely N-dealkylation sites (N-methyl/N-ethyl adjacent to an activating group) is 1. The van der Waals surface area contributed by atoms with E-state index in [2.05, 4.69) is 5.32 Å². The fourth-order valence-electron chi connectivity index (χ4n) is 3.49. The molecule has 1 aromatic rings. The van der Waals surface area contributed by atoms with Crippen LogP contribution in [-0.2, 0) is 9.59 Å². The zero-order valence-corrected chi connectivity index (χ0v) is 15.7. The van der Waals surface area contributed by atoms with Gasteiger partial charge in [0.15, 0.2) is 0 Å². The minimum atomic E-state index is -0.737. The fourth-order valence-corrected chi connectivity index (χ4v) is 3.49. The third-order valence-electron chi connectivity index (χ3n) is 5.03. The lowest BCUT2D eigenvalue weighted by atomic mass is 9.80. The summed E-state index contributed by atoms with van der Waals surface area (Å²) in [6.07, 6.45) is 7.88. The van der Waals surface area contributed by atoms with Crippen molar-refractivity contribution < 1.29 is 9.59 Å². The molecule has 25 heavy (non-hydrogen) atoms. The number of hydrogen-bond acceptors (Lipinski definition) is 2. The van der Waals surface area contributed by atoms with Crippen LogP contribution in [0.4, 0.5) is 0 Å². The van der Waals surface area contributed by atoms with E-state index in [1.165, 1.54) is 11.6 Å². The number of amides is 2. The van der Waals surface area contributed by atoms with E-state index in [0.717, 1.165) is 37.7 Å². The summed E-state index contributed by atoms with van der Waals surface area (Å²) in [6.45, 7) is 7.35. The lowest BCUT2D eigenvalue weighted by molar-refractivity contribution is -0.142. The highest BCUT2D eigenvalue weighted by Gasteiger charge is 2.42. The molecule has 0 unspecified atom stereocenters. The maximum Gasteiger partial charge on any atom is 0.248 e. The molecule has 136 valence electrons. The molecule has 0 heterocycles. The third kappa shape index (κ3) is 4.94. The first-order valence-corrected chi connectivity index (χ1v) is 9.37. The van der Waals surface area contributed by atoms with Gasteiger partial charge in [-0.2, -0.15) is 0 Å². The molecule has 0 aliphatic heterocycles. The van der Waals surface area contributed by atoms with Gasteiger partial charge in [-0.1, -0.05) is 49.1 Å². The largest absolute Gasteiger partial charge is 0.341 e. The summed E-state index contributed by atoms with van der Waals surface area (Å²) in [6, 6.07) is 8.00. The summed E-state index contributed by atoms with van der Waals surface area (Å²) in [5, 5.41) is 3.05. The minimum absolute atomic E-state index is 0.0642. The summed E-state index contributed by atoms with van der Waals surface area (Å²) in [7, 11) is 0. The molecular weight excluding hydrogens is 312 g/mol. The highest BCUT2D eigenvalue weighted by Crippen LogP contribution is 2.30. The Morgan fingerprint density at radius 3 is 2.24 bits per heavy atom. The second kappa shape index (κ2) is 8.84. The van der Waals surface area contributed by atoms with E-state index in [1.807, 2.05) is 49.9 Å². The lowest BCUT2D eigenvalue weighted by Gasteiger charge is -2.39. The van der Waals surface area contributed by atoms with Crippen molar-refractivity contribution in [2.45, 2.75) is 58.4 Å². The van der Waals surface area contributed by atoms with Gasteiger partial charge in [-0.3, -0.25) is 9.59 Å². The van der Waals surface area contributed by atoms with Gasteiger partial charge in [-0.15, -0.1) is 0 Å². The van der Waals surface area contributed by atoms with Gasteiger partial charge in [-0.25, -0.2) is 0 Å². The molecular formula is C21H30N2O2. The quantitative estimate of drug-likeness (QED) is 0.802. The van der Waals surface area contributed by atoms with Gasteiger partial charge in [0.25, 0.3) is 0 Å². The molecule has 1 aromatic carbocycles. The van der Waals surface area contributed by atoms with Crippen LogP contribution in [-0.4, -0.2) is 35.3 Å². The maximum absolute atomic E-state index is 13.0. The first-order chi connectivity index (χ1) is 12.0. The van der Waals surface area contributed by atoms with Crippen molar-refractivity contribution >= 4 is 17.9 Å². The summed E-state index contributed by atoms with van der Waals surface area (Å²) >= 11 is 0. The van der Waals surface area contributed by atoms with Crippen molar-refractivity contribution in [3.05, 3.63) is 41.5 Å². The van der Waals surface area contributed by atoms with Crippen LogP contribution >= 0.6 is 0 Å². The van der Waals surface area contributed by atoms with Crippen LogP contribution in [0, 0.1) is 6.92 Å². The number of nitrogens with zero attached hydrogens (tertiary/aromatic N) is 1. The highest BCUT2D eigenvalue weighted by atomic mass is 16.2. The molecule has 1 saturated carbocycles. The smallest absolute Gasteiger partial charge is 0.248 e. The summed E-state index contributed by atoms with van der Waals surface area (Å²) in [5.41, 5.74) is 1.43. The van der Waals surface area contributed by atoms with E-state index >= 15 is 0 Å². The first-order valence-electron chi connectivity index (χ1n) is 9.37. The molecule has 0 spiro atoms. The normalized spacial score (nSPS) is 16.6. The van der Waals surface area contributed by atoms with Gasteiger partial charge in [0.1, 0.15) is 5.54 Å². The molecule has 2 amide bonds. The molecule has 0 radical (unpaired) electrons. The minimum Gasteiger partial charge on any atom is -0.341 e. The van der Waals surface area contributed by atoms with Crippen molar-refractivity contribution in [2.75, 3.05) is 13.1 Å². The number of nitrogens with one attached hydrogen (secondary N) is 1. The predicted octanol–water partition coefficient (Wildman–Crippen LogP) is 3.70.